The molecule has 0 radical (unpaired) electrons. The van der Waals surface area contributed by atoms with E-state index in [4.69, 9.17) is 14.2 Å². The summed E-state index contributed by atoms with van der Waals surface area (Å²) < 4.78 is 15.7. The molecule has 1 aromatic carbocycles. The maximum absolute atomic E-state index is 11.6. The number of amides is 1. The molecule has 0 saturated carbocycles. The summed E-state index contributed by atoms with van der Waals surface area (Å²) in [5, 5.41) is 2.76. The van der Waals surface area contributed by atoms with Gasteiger partial charge in [-0.1, -0.05) is 18.2 Å². The molecule has 0 spiro atoms. The number of nitrogens with one attached hydrogen (secondary N) is 1. The Morgan fingerprint density at radius 3 is 2.76 bits per heavy atom. The lowest BCUT2D eigenvalue weighted by molar-refractivity contribution is -0.123. The van der Waals surface area contributed by atoms with E-state index in [1.54, 1.807) is 20.3 Å². The number of allylic oxidation sites excluding steroid dienone is 1. The Bertz CT molecular complexity index is 471. The predicted molar refractivity (Wildman–Crippen MR) is 82.7 cm³/mol. The zero-order chi connectivity index (χ0) is 15.5. The molecular weight excluding hydrogens is 270 g/mol. The van der Waals surface area contributed by atoms with Gasteiger partial charge in [0.1, 0.15) is 0 Å². The summed E-state index contributed by atoms with van der Waals surface area (Å²) in [5.74, 6) is 1.00. The fourth-order valence-corrected chi connectivity index (χ4v) is 1.74. The van der Waals surface area contributed by atoms with E-state index in [0.29, 0.717) is 24.7 Å². The van der Waals surface area contributed by atoms with Crippen LogP contribution in [0.25, 0.3) is 6.08 Å². The Hall–Kier alpha value is -2.01. The van der Waals surface area contributed by atoms with Gasteiger partial charge in [-0.25, -0.2) is 0 Å². The maximum atomic E-state index is 11.6. The first-order valence-corrected chi connectivity index (χ1v) is 6.90. The second kappa shape index (κ2) is 9.83. The van der Waals surface area contributed by atoms with Gasteiger partial charge in [-0.2, -0.15) is 0 Å². The van der Waals surface area contributed by atoms with Crippen molar-refractivity contribution in [1.29, 1.82) is 0 Å². The Kier molecular flexibility index (Phi) is 7.97. The topological polar surface area (TPSA) is 56.8 Å². The van der Waals surface area contributed by atoms with Crippen LogP contribution in [0.1, 0.15) is 18.9 Å². The smallest absolute Gasteiger partial charge is 0.257 e. The van der Waals surface area contributed by atoms with Gasteiger partial charge in [0.05, 0.1) is 7.11 Å². The van der Waals surface area contributed by atoms with Crippen molar-refractivity contribution in [2.45, 2.75) is 13.3 Å². The molecule has 116 valence electrons. The Balaban J connectivity index is 2.49. The third-order valence-electron chi connectivity index (χ3n) is 2.75. The van der Waals surface area contributed by atoms with E-state index in [-0.39, 0.29) is 12.5 Å². The van der Waals surface area contributed by atoms with Crippen LogP contribution in [0.4, 0.5) is 0 Å². The third-order valence-corrected chi connectivity index (χ3v) is 2.75. The molecule has 0 saturated heterocycles. The molecule has 0 aliphatic carbocycles. The predicted octanol–water partition coefficient (Wildman–Crippen LogP) is 2.26. The van der Waals surface area contributed by atoms with Crippen molar-refractivity contribution >= 4 is 12.0 Å². The molecule has 0 fully saturated rings. The Morgan fingerprint density at radius 1 is 1.29 bits per heavy atom. The van der Waals surface area contributed by atoms with Crippen LogP contribution in [-0.2, 0) is 9.53 Å². The van der Waals surface area contributed by atoms with Gasteiger partial charge in [-0.3, -0.25) is 4.79 Å². The second-order valence-corrected chi connectivity index (χ2v) is 4.40. The number of hydrogen-bond donors (Lipinski definition) is 1. The number of rotatable bonds is 9. The number of benzene rings is 1. The molecule has 0 bridgehead atoms. The normalized spacial score (nSPS) is 10.6. The number of ether oxygens (including phenoxy) is 3. The van der Waals surface area contributed by atoms with Gasteiger partial charge in [0.15, 0.2) is 18.1 Å². The molecule has 5 nitrogen and oxygen atoms in total. The van der Waals surface area contributed by atoms with Crippen LogP contribution in [-0.4, -0.2) is 39.9 Å². The molecule has 1 N–H and O–H groups in total. The second-order valence-electron chi connectivity index (χ2n) is 4.40. The van der Waals surface area contributed by atoms with E-state index >= 15 is 0 Å². The number of methoxy groups -OCH3 is 2. The van der Waals surface area contributed by atoms with Crippen LogP contribution in [0.3, 0.4) is 0 Å². The lowest BCUT2D eigenvalue weighted by atomic mass is 10.2. The highest BCUT2D eigenvalue weighted by atomic mass is 16.5. The molecule has 1 aromatic rings. The van der Waals surface area contributed by atoms with Gasteiger partial charge in [0, 0.05) is 20.3 Å². The zero-order valence-corrected chi connectivity index (χ0v) is 12.8. The minimum Gasteiger partial charge on any atom is -0.493 e. The monoisotopic (exact) mass is 293 g/mol. The fraction of sp³-hybridized carbons (Fsp3) is 0.438. The molecular formula is C16H23NO4. The van der Waals surface area contributed by atoms with Crippen molar-refractivity contribution < 1.29 is 19.0 Å². The van der Waals surface area contributed by atoms with Crippen molar-refractivity contribution in [3.63, 3.8) is 0 Å². The van der Waals surface area contributed by atoms with Crippen LogP contribution in [0.2, 0.25) is 0 Å². The molecule has 21 heavy (non-hydrogen) atoms. The van der Waals surface area contributed by atoms with Crippen molar-refractivity contribution in [3.8, 4) is 11.5 Å². The molecule has 0 aliphatic heterocycles. The SMILES string of the molecule is C/C=C/c1ccc(OCC(=O)NCCCOC)c(OC)c1. The fourth-order valence-electron chi connectivity index (χ4n) is 1.74. The molecule has 0 aromatic heterocycles. The summed E-state index contributed by atoms with van der Waals surface area (Å²) in [5.41, 5.74) is 1.02. The Labute approximate surface area is 125 Å². The van der Waals surface area contributed by atoms with Crippen molar-refractivity contribution in [3.05, 3.63) is 29.8 Å². The maximum Gasteiger partial charge on any atom is 0.257 e. The quantitative estimate of drug-likeness (QED) is 0.710. The van der Waals surface area contributed by atoms with Gasteiger partial charge in [0.25, 0.3) is 5.91 Å². The Morgan fingerprint density at radius 2 is 2.10 bits per heavy atom. The van der Waals surface area contributed by atoms with Gasteiger partial charge in [-0.05, 0) is 31.0 Å². The van der Waals surface area contributed by atoms with E-state index < -0.39 is 0 Å². The summed E-state index contributed by atoms with van der Waals surface area (Å²) >= 11 is 0. The van der Waals surface area contributed by atoms with Gasteiger partial charge < -0.3 is 19.5 Å². The molecule has 5 heteroatoms. The van der Waals surface area contributed by atoms with Gasteiger partial charge in [0.2, 0.25) is 0 Å². The standard InChI is InChI=1S/C16H23NO4/c1-4-6-13-7-8-14(15(11-13)20-3)21-12-16(18)17-9-5-10-19-2/h4,6-8,11H,5,9-10,12H2,1-3H3,(H,17,18)/b6-4+. The van der Waals surface area contributed by atoms with Gasteiger partial charge >= 0.3 is 0 Å². The van der Waals surface area contributed by atoms with Crippen LogP contribution < -0.4 is 14.8 Å². The molecule has 1 amide bonds. The van der Waals surface area contributed by atoms with E-state index in [0.717, 1.165) is 12.0 Å². The lowest BCUT2D eigenvalue weighted by Crippen LogP contribution is -2.30. The van der Waals surface area contributed by atoms with Gasteiger partial charge in [-0.15, -0.1) is 0 Å². The van der Waals surface area contributed by atoms with E-state index in [2.05, 4.69) is 5.32 Å². The molecule has 0 unspecified atom stereocenters. The van der Waals surface area contributed by atoms with E-state index in [9.17, 15) is 4.79 Å². The minimum atomic E-state index is -0.161. The van der Waals surface area contributed by atoms with E-state index in [1.807, 2.05) is 31.2 Å². The number of hydrogen-bond acceptors (Lipinski definition) is 4. The molecule has 1 rings (SSSR count). The first-order valence-electron chi connectivity index (χ1n) is 6.90. The average molecular weight is 293 g/mol. The van der Waals surface area contributed by atoms with Crippen molar-refractivity contribution in [1.82, 2.24) is 5.32 Å². The molecule has 0 aliphatic rings. The molecule has 0 atom stereocenters. The number of carbonyl (C=O) groups excluding carboxylic acids is 1. The summed E-state index contributed by atoms with van der Waals surface area (Å²) in [4.78, 5) is 11.6. The average Bonchev–Trinajstić information content (AvgIpc) is 2.50. The minimum absolute atomic E-state index is 0.0354. The highest BCUT2D eigenvalue weighted by Gasteiger charge is 2.07. The van der Waals surface area contributed by atoms with Crippen LogP contribution in [0.15, 0.2) is 24.3 Å². The summed E-state index contributed by atoms with van der Waals surface area (Å²) in [6.45, 7) is 3.12. The van der Waals surface area contributed by atoms with Crippen LogP contribution in [0.5, 0.6) is 11.5 Å². The van der Waals surface area contributed by atoms with Crippen LogP contribution in [0, 0.1) is 0 Å². The first-order chi connectivity index (χ1) is 10.2. The third kappa shape index (κ3) is 6.31. The molecule has 0 heterocycles. The zero-order valence-electron chi connectivity index (χ0n) is 12.8. The largest absolute Gasteiger partial charge is 0.493 e. The number of carbonyl (C=O) groups is 1. The highest BCUT2D eigenvalue weighted by molar-refractivity contribution is 5.77. The summed E-state index contributed by atoms with van der Waals surface area (Å²) in [6, 6.07) is 5.58. The summed E-state index contributed by atoms with van der Waals surface area (Å²) in [6.07, 6.45) is 4.70. The summed E-state index contributed by atoms with van der Waals surface area (Å²) in [7, 11) is 3.21. The first kappa shape index (κ1) is 17.0. The highest BCUT2D eigenvalue weighted by Crippen LogP contribution is 2.28. The lowest BCUT2D eigenvalue weighted by Gasteiger charge is -2.11. The van der Waals surface area contributed by atoms with E-state index in [1.165, 1.54) is 0 Å². The van der Waals surface area contributed by atoms with Crippen LogP contribution >= 0.6 is 0 Å². The van der Waals surface area contributed by atoms with Crippen molar-refractivity contribution in [2.24, 2.45) is 0 Å². The van der Waals surface area contributed by atoms with Crippen molar-refractivity contribution in [2.75, 3.05) is 34.0 Å².